The third-order valence-corrected chi connectivity index (χ3v) is 6.70. The van der Waals surface area contributed by atoms with Crippen molar-refractivity contribution in [2.75, 3.05) is 6.61 Å². The van der Waals surface area contributed by atoms with Crippen molar-refractivity contribution in [1.82, 2.24) is 10.2 Å². The number of esters is 1. The lowest BCUT2D eigenvalue weighted by atomic mass is 9.78. The quantitative estimate of drug-likeness (QED) is 0.428. The number of amides is 3. The highest BCUT2D eigenvalue weighted by molar-refractivity contribution is 9.10. The maximum absolute atomic E-state index is 13.5. The topological polar surface area (TPSA) is 88.8 Å². The van der Waals surface area contributed by atoms with E-state index in [1.807, 2.05) is 24.3 Å². The van der Waals surface area contributed by atoms with Gasteiger partial charge in [0.2, 0.25) is 5.76 Å². The summed E-state index contributed by atoms with van der Waals surface area (Å²) in [4.78, 5) is 40.2. The Morgan fingerprint density at radius 2 is 2.00 bits per heavy atom. The molecular weight excluding hydrogens is 476 g/mol. The van der Waals surface area contributed by atoms with Crippen molar-refractivity contribution >= 4 is 44.8 Å². The zero-order valence-corrected chi connectivity index (χ0v) is 19.0. The number of imide groups is 1. The van der Waals surface area contributed by atoms with Gasteiger partial charge < -0.3 is 14.5 Å². The fourth-order valence-corrected chi connectivity index (χ4v) is 5.00. The molecule has 1 spiro atoms. The van der Waals surface area contributed by atoms with E-state index in [-0.39, 0.29) is 24.8 Å². The van der Waals surface area contributed by atoms with Crippen molar-refractivity contribution in [3.63, 3.8) is 0 Å². The van der Waals surface area contributed by atoms with Gasteiger partial charge in [0.25, 0.3) is 5.91 Å². The molecule has 0 saturated carbocycles. The Kier molecular flexibility index (Phi) is 5.04. The predicted octanol–water partition coefficient (Wildman–Crippen LogP) is 4.35. The van der Waals surface area contributed by atoms with Gasteiger partial charge in [-0.3, -0.25) is 9.69 Å². The van der Waals surface area contributed by atoms with E-state index < -0.39 is 17.5 Å². The molecule has 5 rings (SSSR count). The van der Waals surface area contributed by atoms with E-state index in [4.69, 9.17) is 9.15 Å². The maximum atomic E-state index is 13.5. The van der Waals surface area contributed by atoms with E-state index in [2.05, 4.69) is 27.3 Å². The number of nitrogens with one attached hydrogen (secondary N) is 1. The first-order chi connectivity index (χ1) is 15.4. The van der Waals surface area contributed by atoms with E-state index in [0.717, 1.165) is 10.0 Å². The van der Waals surface area contributed by atoms with E-state index >= 15 is 0 Å². The van der Waals surface area contributed by atoms with Crippen molar-refractivity contribution in [3.8, 4) is 0 Å². The molecule has 1 atom stereocenters. The predicted molar refractivity (Wildman–Crippen MR) is 120 cm³/mol. The number of hydrogen-bond donors (Lipinski definition) is 1. The Bertz CT molecular complexity index is 1270. The summed E-state index contributed by atoms with van der Waals surface area (Å²) in [6.45, 7) is 1.81. The van der Waals surface area contributed by atoms with Crippen LogP contribution in [0.15, 0.2) is 51.4 Å². The summed E-state index contributed by atoms with van der Waals surface area (Å²) in [5, 5.41) is 3.59. The van der Waals surface area contributed by atoms with Crippen LogP contribution >= 0.6 is 15.9 Å². The van der Waals surface area contributed by atoms with Crippen LogP contribution in [0.1, 0.15) is 40.6 Å². The van der Waals surface area contributed by atoms with Crippen LogP contribution in [0.5, 0.6) is 0 Å². The minimum Gasteiger partial charge on any atom is -0.460 e. The molecule has 1 fully saturated rings. The van der Waals surface area contributed by atoms with Gasteiger partial charge in [-0.1, -0.05) is 40.2 Å². The number of carbonyl (C=O) groups is 3. The molecule has 7 nitrogen and oxygen atoms in total. The number of hydrogen-bond acceptors (Lipinski definition) is 5. The summed E-state index contributed by atoms with van der Waals surface area (Å²) in [6, 6.07) is 12.9. The Balaban J connectivity index is 1.51. The first-order valence-electron chi connectivity index (χ1n) is 10.5. The number of urea groups is 1. The van der Waals surface area contributed by atoms with Crippen LogP contribution in [0.3, 0.4) is 0 Å². The van der Waals surface area contributed by atoms with Gasteiger partial charge in [0.15, 0.2) is 0 Å². The first kappa shape index (κ1) is 20.8. The molecule has 1 aliphatic carbocycles. The molecule has 0 radical (unpaired) electrons. The number of furan rings is 1. The highest BCUT2D eigenvalue weighted by Crippen LogP contribution is 2.36. The summed E-state index contributed by atoms with van der Waals surface area (Å²) in [5.41, 5.74) is 2.25. The minimum absolute atomic E-state index is 0.00971. The summed E-state index contributed by atoms with van der Waals surface area (Å²) >= 11 is 3.44. The second-order valence-electron chi connectivity index (χ2n) is 8.12. The number of fused-ring (bicyclic) bond motifs is 2. The van der Waals surface area contributed by atoms with Gasteiger partial charge >= 0.3 is 12.0 Å². The van der Waals surface area contributed by atoms with Crippen LogP contribution in [0, 0.1) is 0 Å². The standard InChI is InChI=1S/C24H21BrN2O5/c1-2-31-21(28)20-18(17-11-16(25)7-8-19(17)32-20)13-27-22(29)24(26-23(27)30)10-9-14-5-3-4-6-15(14)12-24/h3-8,11H,2,9-10,12-13H2,1H3,(H,26,30). The Hall–Kier alpha value is -3.13. The molecule has 164 valence electrons. The van der Waals surface area contributed by atoms with E-state index in [9.17, 15) is 14.4 Å². The number of carbonyl (C=O) groups excluding carboxylic acids is 3. The molecule has 2 aliphatic rings. The smallest absolute Gasteiger partial charge is 0.374 e. The maximum Gasteiger partial charge on any atom is 0.374 e. The van der Waals surface area contributed by atoms with Crippen LogP contribution in [-0.4, -0.2) is 35.0 Å². The number of aryl methyl sites for hydroxylation is 1. The van der Waals surface area contributed by atoms with Gasteiger partial charge in [-0.15, -0.1) is 0 Å². The molecular formula is C24H21BrN2O5. The second kappa shape index (κ2) is 7.78. The van der Waals surface area contributed by atoms with Crippen molar-refractivity contribution < 1.29 is 23.5 Å². The van der Waals surface area contributed by atoms with Crippen LogP contribution in [0.2, 0.25) is 0 Å². The Morgan fingerprint density at radius 1 is 1.22 bits per heavy atom. The summed E-state index contributed by atoms with van der Waals surface area (Å²) < 4.78 is 11.7. The van der Waals surface area contributed by atoms with E-state index in [1.165, 1.54) is 10.5 Å². The Morgan fingerprint density at radius 3 is 2.78 bits per heavy atom. The van der Waals surface area contributed by atoms with E-state index in [0.29, 0.717) is 35.8 Å². The molecule has 0 bridgehead atoms. The molecule has 1 aliphatic heterocycles. The highest BCUT2D eigenvalue weighted by Gasteiger charge is 2.52. The lowest BCUT2D eigenvalue weighted by Crippen LogP contribution is -2.51. The highest BCUT2D eigenvalue weighted by atomic mass is 79.9. The van der Waals surface area contributed by atoms with Crippen LogP contribution in [-0.2, 0) is 28.9 Å². The second-order valence-corrected chi connectivity index (χ2v) is 9.04. The third kappa shape index (κ3) is 3.30. The molecule has 32 heavy (non-hydrogen) atoms. The summed E-state index contributed by atoms with van der Waals surface area (Å²) in [6.07, 6.45) is 1.70. The SMILES string of the molecule is CCOC(=O)c1oc2ccc(Br)cc2c1CN1C(=O)NC2(CCc3ccccc3C2)C1=O. The molecule has 8 heteroatoms. The van der Waals surface area contributed by atoms with Gasteiger partial charge in [-0.2, -0.15) is 0 Å². The largest absolute Gasteiger partial charge is 0.460 e. The molecule has 2 heterocycles. The molecule has 1 aromatic heterocycles. The molecule has 2 aromatic carbocycles. The lowest BCUT2D eigenvalue weighted by molar-refractivity contribution is -0.132. The number of halogens is 1. The number of ether oxygens (including phenoxy) is 1. The molecule has 3 amide bonds. The van der Waals surface area contributed by atoms with Crippen molar-refractivity contribution in [2.45, 2.75) is 38.3 Å². The van der Waals surface area contributed by atoms with Crippen LogP contribution in [0.25, 0.3) is 11.0 Å². The van der Waals surface area contributed by atoms with Crippen LogP contribution in [0.4, 0.5) is 4.79 Å². The van der Waals surface area contributed by atoms with Crippen molar-refractivity contribution in [3.05, 3.63) is 69.4 Å². The van der Waals surface area contributed by atoms with E-state index in [1.54, 1.807) is 19.1 Å². The fraction of sp³-hybridized carbons (Fsp3) is 0.292. The number of nitrogens with zero attached hydrogens (tertiary/aromatic N) is 1. The first-order valence-corrected chi connectivity index (χ1v) is 11.3. The normalized spacial score (nSPS) is 20.0. The minimum atomic E-state index is -0.963. The van der Waals surface area contributed by atoms with Gasteiger partial charge in [-0.05, 0) is 49.1 Å². The van der Waals surface area contributed by atoms with Crippen molar-refractivity contribution in [1.29, 1.82) is 0 Å². The number of benzene rings is 2. The average molecular weight is 497 g/mol. The van der Waals surface area contributed by atoms with Gasteiger partial charge in [0, 0.05) is 21.8 Å². The third-order valence-electron chi connectivity index (χ3n) is 6.21. The summed E-state index contributed by atoms with van der Waals surface area (Å²) in [7, 11) is 0. The fourth-order valence-electron chi connectivity index (χ4n) is 4.64. The van der Waals surface area contributed by atoms with Gasteiger partial charge in [0.1, 0.15) is 11.1 Å². The Labute approximate surface area is 192 Å². The monoisotopic (exact) mass is 496 g/mol. The lowest BCUT2D eigenvalue weighted by Gasteiger charge is -2.32. The van der Waals surface area contributed by atoms with Gasteiger partial charge in [-0.25, -0.2) is 9.59 Å². The molecule has 3 aromatic rings. The number of rotatable bonds is 4. The molecule has 1 unspecified atom stereocenters. The molecule has 1 N–H and O–H groups in total. The summed E-state index contributed by atoms with van der Waals surface area (Å²) in [5.74, 6) is -0.894. The molecule has 1 saturated heterocycles. The van der Waals surface area contributed by atoms with Crippen molar-refractivity contribution in [2.24, 2.45) is 0 Å². The van der Waals surface area contributed by atoms with Crippen LogP contribution < -0.4 is 5.32 Å². The van der Waals surface area contributed by atoms with Gasteiger partial charge in [0.05, 0.1) is 13.2 Å². The zero-order valence-electron chi connectivity index (χ0n) is 17.4. The zero-order chi connectivity index (χ0) is 22.5. The average Bonchev–Trinajstić information content (AvgIpc) is 3.24.